The molecule has 23 heavy (non-hydrogen) atoms. The minimum atomic E-state index is -0.171. The smallest absolute Gasteiger partial charge is 0.300 e. The summed E-state index contributed by atoms with van der Waals surface area (Å²) in [5.41, 5.74) is 1.81. The van der Waals surface area contributed by atoms with Crippen molar-refractivity contribution >= 4 is 23.7 Å². The summed E-state index contributed by atoms with van der Waals surface area (Å²) in [5.74, 6) is 0.846. The number of hydrogen-bond acceptors (Lipinski definition) is 5. The summed E-state index contributed by atoms with van der Waals surface area (Å²) in [4.78, 5) is 20.1. The Morgan fingerprint density at radius 3 is 2.65 bits per heavy atom. The molecule has 124 valence electrons. The molecular weight excluding hydrogens is 294 g/mol. The maximum Gasteiger partial charge on any atom is 0.300 e. The minimum Gasteiger partial charge on any atom is -0.495 e. The number of benzene rings is 1. The number of nitrogens with zero attached hydrogens (tertiary/aromatic N) is 3. The van der Waals surface area contributed by atoms with Gasteiger partial charge in [0.05, 0.1) is 12.8 Å². The fourth-order valence-electron chi connectivity index (χ4n) is 2.34. The molecule has 2 rings (SSSR count). The van der Waals surface area contributed by atoms with Crippen LogP contribution >= 0.6 is 0 Å². The molecule has 0 radical (unpaired) electrons. The van der Waals surface area contributed by atoms with Crippen molar-refractivity contribution in [3.8, 4) is 5.75 Å². The molecule has 1 aliphatic rings. The largest absolute Gasteiger partial charge is 0.495 e. The van der Waals surface area contributed by atoms with E-state index in [0.29, 0.717) is 19.1 Å². The Balaban J connectivity index is 2.35. The van der Waals surface area contributed by atoms with Crippen LogP contribution in [0.5, 0.6) is 5.75 Å². The summed E-state index contributed by atoms with van der Waals surface area (Å²) in [6.45, 7) is 4.89. The van der Waals surface area contributed by atoms with Gasteiger partial charge < -0.3 is 14.4 Å². The number of likely N-dealkylation sites (N-methyl/N-ethyl adjacent to an activating group) is 1. The van der Waals surface area contributed by atoms with E-state index in [1.807, 2.05) is 51.0 Å². The first-order chi connectivity index (χ1) is 11.0. The molecular formula is C17H23N3O3. The van der Waals surface area contributed by atoms with Crippen molar-refractivity contribution in [3.05, 3.63) is 29.5 Å². The van der Waals surface area contributed by atoms with Gasteiger partial charge in [-0.3, -0.25) is 9.69 Å². The average molecular weight is 317 g/mol. The summed E-state index contributed by atoms with van der Waals surface area (Å²) >= 11 is 0. The van der Waals surface area contributed by atoms with E-state index < -0.39 is 0 Å². The first-order valence-corrected chi connectivity index (χ1v) is 7.63. The predicted molar refractivity (Wildman–Crippen MR) is 91.7 cm³/mol. The van der Waals surface area contributed by atoms with Gasteiger partial charge in [0, 0.05) is 27.2 Å². The van der Waals surface area contributed by atoms with Gasteiger partial charge in [-0.25, -0.2) is 4.99 Å². The van der Waals surface area contributed by atoms with Gasteiger partial charge in [0.25, 0.3) is 11.9 Å². The minimum absolute atomic E-state index is 0.171. The summed E-state index contributed by atoms with van der Waals surface area (Å²) < 4.78 is 11.0. The van der Waals surface area contributed by atoms with Gasteiger partial charge in [-0.2, -0.15) is 0 Å². The first kappa shape index (κ1) is 16.9. The number of hydrogen-bond donors (Lipinski definition) is 0. The van der Waals surface area contributed by atoms with Crippen LogP contribution in [-0.4, -0.2) is 51.1 Å². The van der Waals surface area contributed by atoms with E-state index in [9.17, 15) is 4.79 Å². The molecule has 0 atom stereocenters. The highest BCUT2D eigenvalue weighted by Crippen LogP contribution is 2.29. The van der Waals surface area contributed by atoms with Crippen LogP contribution in [0.1, 0.15) is 19.4 Å². The number of rotatable bonds is 5. The Bertz CT molecular complexity index is 650. The summed E-state index contributed by atoms with van der Waals surface area (Å²) in [7, 11) is 5.53. The molecule has 6 nitrogen and oxygen atoms in total. The van der Waals surface area contributed by atoms with Crippen molar-refractivity contribution in [2.45, 2.75) is 13.8 Å². The van der Waals surface area contributed by atoms with Crippen LogP contribution in [0.2, 0.25) is 0 Å². The van der Waals surface area contributed by atoms with Crippen molar-refractivity contribution in [3.63, 3.8) is 0 Å². The molecule has 0 unspecified atom stereocenters. The van der Waals surface area contributed by atoms with E-state index in [1.54, 1.807) is 13.2 Å². The quantitative estimate of drug-likeness (QED) is 0.782. The van der Waals surface area contributed by atoms with Crippen LogP contribution in [0.3, 0.4) is 0 Å². The van der Waals surface area contributed by atoms with E-state index in [0.717, 1.165) is 17.0 Å². The van der Waals surface area contributed by atoms with Crippen LogP contribution in [-0.2, 0) is 9.53 Å². The Hall–Kier alpha value is -2.50. The van der Waals surface area contributed by atoms with Gasteiger partial charge in [0.1, 0.15) is 5.75 Å². The van der Waals surface area contributed by atoms with E-state index in [1.165, 1.54) is 4.90 Å². The number of carbonyl (C=O) groups is 1. The number of amidine groups is 1. The highest BCUT2D eigenvalue weighted by Gasteiger charge is 2.33. The van der Waals surface area contributed by atoms with Crippen molar-refractivity contribution in [2.24, 2.45) is 4.99 Å². The molecule has 0 spiro atoms. The zero-order valence-corrected chi connectivity index (χ0v) is 14.3. The first-order valence-electron chi connectivity index (χ1n) is 7.63. The lowest BCUT2D eigenvalue weighted by Crippen LogP contribution is -2.29. The third kappa shape index (κ3) is 3.47. The molecule has 0 N–H and O–H groups in total. The third-order valence-electron chi connectivity index (χ3n) is 3.48. The van der Waals surface area contributed by atoms with E-state index in [-0.39, 0.29) is 11.7 Å². The molecule has 1 aromatic carbocycles. The highest BCUT2D eigenvalue weighted by molar-refractivity contribution is 6.11. The number of ether oxygens (including phenoxy) is 2. The van der Waals surface area contributed by atoms with Gasteiger partial charge in [-0.15, -0.1) is 0 Å². The lowest BCUT2D eigenvalue weighted by Gasteiger charge is -2.16. The maximum absolute atomic E-state index is 12.4. The number of anilines is 1. The average Bonchev–Trinajstić information content (AvgIpc) is 2.82. The van der Waals surface area contributed by atoms with E-state index in [2.05, 4.69) is 4.99 Å². The molecule has 0 aliphatic carbocycles. The molecule has 0 aromatic heterocycles. The second-order valence-electron chi connectivity index (χ2n) is 5.24. The fraction of sp³-hybridized carbons (Fsp3) is 0.412. The Morgan fingerprint density at radius 2 is 2.09 bits per heavy atom. The molecule has 1 aromatic rings. The number of amides is 1. The second kappa shape index (κ2) is 7.17. The molecule has 1 fully saturated rings. The second-order valence-corrected chi connectivity index (χ2v) is 5.24. The zero-order valence-electron chi connectivity index (χ0n) is 14.3. The van der Waals surface area contributed by atoms with E-state index in [4.69, 9.17) is 9.47 Å². The van der Waals surface area contributed by atoms with Crippen LogP contribution in [0.4, 0.5) is 5.69 Å². The van der Waals surface area contributed by atoms with Crippen LogP contribution in [0, 0.1) is 0 Å². The molecule has 6 heteroatoms. The molecule has 0 saturated carbocycles. The number of methoxy groups -OCH3 is 1. The van der Waals surface area contributed by atoms with Crippen molar-refractivity contribution in [1.82, 2.24) is 4.90 Å². The highest BCUT2D eigenvalue weighted by atomic mass is 16.5. The molecule has 1 aliphatic heterocycles. The summed E-state index contributed by atoms with van der Waals surface area (Å²) in [6, 6.07) is 6.11. The Kier molecular flexibility index (Phi) is 5.26. The van der Waals surface area contributed by atoms with Crippen LogP contribution in [0.15, 0.2) is 29.0 Å². The van der Waals surface area contributed by atoms with Crippen LogP contribution in [0.25, 0.3) is 6.08 Å². The van der Waals surface area contributed by atoms with Gasteiger partial charge in [0.2, 0.25) is 0 Å². The third-order valence-corrected chi connectivity index (χ3v) is 3.48. The van der Waals surface area contributed by atoms with Crippen LogP contribution < -0.4 is 9.64 Å². The standard InChI is InChI=1S/C17H23N3O3/c1-6-18-17-20(7-2)16(21)15(23-17)11-12-8-9-13(19(3)4)14(10-12)22-5/h8-11H,6-7H2,1-5H3. The zero-order chi connectivity index (χ0) is 17.0. The Morgan fingerprint density at radius 1 is 1.35 bits per heavy atom. The summed E-state index contributed by atoms with van der Waals surface area (Å²) in [6.07, 6.45) is 1.71. The molecule has 1 heterocycles. The van der Waals surface area contributed by atoms with Gasteiger partial charge in [-0.1, -0.05) is 6.07 Å². The molecule has 1 saturated heterocycles. The SMILES string of the molecule is CCN=C1OC(=Cc2ccc(N(C)C)c(OC)c2)C(=O)N1CC. The van der Waals surface area contributed by atoms with Crippen molar-refractivity contribution < 1.29 is 14.3 Å². The Labute approximate surface area is 137 Å². The fourth-order valence-corrected chi connectivity index (χ4v) is 2.34. The predicted octanol–water partition coefficient (Wildman–Crippen LogP) is 2.36. The van der Waals surface area contributed by atoms with Crippen molar-refractivity contribution in [2.75, 3.05) is 39.2 Å². The number of aliphatic imine (C=N–C) groups is 1. The van der Waals surface area contributed by atoms with E-state index >= 15 is 0 Å². The molecule has 1 amide bonds. The number of carbonyl (C=O) groups excluding carboxylic acids is 1. The lowest BCUT2D eigenvalue weighted by molar-refractivity contribution is -0.122. The van der Waals surface area contributed by atoms with Gasteiger partial charge in [0.15, 0.2) is 5.76 Å². The van der Waals surface area contributed by atoms with Gasteiger partial charge in [-0.05, 0) is 37.6 Å². The topological polar surface area (TPSA) is 54.4 Å². The maximum atomic E-state index is 12.4. The lowest BCUT2D eigenvalue weighted by atomic mass is 10.1. The summed E-state index contributed by atoms with van der Waals surface area (Å²) in [5, 5.41) is 0. The molecule has 0 bridgehead atoms. The monoisotopic (exact) mass is 317 g/mol. The normalized spacial score (nSPS) is 17.8. The van der Waals surface area contributed by atoms with Gasteiger partial charge >= 0.3 is 0 Å². The van der Waals surface area contributed by atoms with Crippen molar-refractivity contribution in [1.29, 1.82) is 0 Å².